The largest absolute Gasteiger partial charge is 0.364 e. The van der Waals surface area contributed by atoms with Crippen molar-refractivity contribution in [2.75, 3.05) is 32.7 Å². The van der Waals surface area contributed by atoms with Crippen LogP contribution in [0.5, 0.6) is 0 Å². The number of ether oxygens (including phenoxy) is 1. The number of hydrogen-bond donors (Lipinski definition) is 1. The molecule has 3 saturated heterocycles. The third-order valence-corrected chi connectivity index (χ3v) is 5.77. The lowest BCUT2D eigenvalue weighted by molar-refractivity contribution is -0.147. The molecule has 2 N–H and O–H groups in total. The van der Waals surface area contributed by atoms with E-state index in [9.17, 15) is 9.59 Å². The highest BCUT2D eigenvalue weighted by molar-refractivity contribution is 5.82. The van der Waals surface area contributed by atoms with E-state index in [0.717, 1.165) is 45.2 Å². The van der Waals surface area contributed by atoms with Gasteiger partial charge in [-0.1, -0.05) is 6.92 Å². The minimum atomic E-state index is -0.325. The van der Waals surface area contributed by atoms with E-state index < -0.39 is 0 Å². The lowest BCUT2D eigenvalue weighted by Gasteiger charge is -2.37. The normalized spacial score (nSPS) is 32.2. The number of rotatable bonds is 3. The van der Waals surface area contributed by atoms with Gasteiger partial charge in [0.2, 0.25) is 5.91 Å². The van der Waals surface area contributed by atoms with Gasteiger partial charge in [0, 0.05) is 38.6 Å². The molecule has 136 valence electrons. The van der Waals surface area contributed by atoms with Crippen LogP contribution in [0.15, 0.2) is 0 Å². The molecule has 3 fully saturated rings. The Labute approximate surface area is 144 Å². The summed E-state index contributed by atoms with van der Waals surface area (Å²) < 4.78 is 5.72. The molecule has 3 atom stereocenters. The van der Waals surface area contributed by atoms with E-state index in [1.54, 1.807) is 0 Å². The zero-order chi connectivity index (χ0) is 17.1. The van der Waals surface area contributed by atoms with Crippen molar-refractivity contribution < 1.29 is 14.3 Å². The van der Waals surface area contributed by atoms with Gasteiger partial charge in [0.05, 0.1) is 6.10 Å². The summed E-state index contributed by atoms with van der Waals surface area (Å²) >= 11 is 0. The maximum atomic E-state index is 12.7. The molecular weight excluding hydrogens is 306 g/mol. The van der Waals surface area contributed by atoms with Gasteiger partial charge >= 0.3 is 0 Å². The molecule has 6 heteroatoms. The summed E-state index contributed by atoms with van der Waals surface area (Å²) in [5.74, 6) is 1.08. The van der Waals surface area contributed by atoms with E-state index in [2.05, 4.69) is 6.92 Å². The molecule has 0 aromatic heterocycles. The molecule has 0 radical (unpaired) electrons. The molecule has 0 aliphatic carbocycles. The fourth-order valence-corrected chi connectivity index (χ4v) is 4.26. The Bertz CT molecular complexity index is 462. The Morgan fingerprint density at radius 2 is 1.75 bits per heavy atom. The summed E-state index contributed by atoms with van der Waals surface area (Å²) in [5.41, 5.74) is 5.61. The topological polar surface area (TPSA) is 75.9 Å². The molecule has 3 rings (SSSR count). The molecule has 24 heavy (non-hydrogen) atoms. The second-order valence-electron chi connectivity index (χ2n) is 7.69. The van der Waals surface area contributed by atoms with Crippen molar-refractivity contribution in [1.82, 2.24) is 9.80 Å². The molecule has 0 aromatic rings. The summed E-state index contributed by atoms with van der Waals surface area (Å²) in [6.45, 7) is 5.84. The Morgan fingerprint density at radius 3 is 2.38 bits per heavy atom. The minimum Gasteiger partial charge on any atom is -0.364 e. The standard InChI is InChI=1S/C18H31N3O3/c1-13-3-2-8-21(12-13)17(22)14-6-9-20(10-7-14)18(23)16-5-4-15(11-19)24-16/h13-16H,2-12,19H2,1H3/t13?,15-,16+/m1/s1. The predicted molar refractivity (Wildman–Crippen MR) is 91.2 cm³/mol. The van der Waals surface area contributed by atoms with Crippen LogP contribution in [0.2, 0.25) is 0 Å². The second-order valence-corrected chi connectivity index (χ2v) is 7.69. The number of likely N-dealkylation sites (tertiary alicyclic amines) is 2. The van der Waals surface area contributed by atoms with Gasteiger partial charge < -0.3 is 20.3 Å². The highest BCUT2D eigenvalue weighted by Crippen LogP contribution is 2.26. The SMILES string of the molecule is CC1CCCN(C(=O)C2CCN(C(=O)[C@@H]3CC[C@H](CN)O3)CC2)C1. The third kappa shape index (κ3) is 3.91. The van der Waals surface area contributed by atoms with Crippen LogP contribution in [0.3, 0.4) is 0 Å². The zero-order valence-electron chi connectivity index (χ0n) is 14.8. The van der Waals surface area contributed by atoms with Crippen LogP contribution < -0.4 is 5.73 Å². The van der Waals surface area contributed by atoms with E-state index in [4.69, 9.17) is 10.5 Å². The molecule has 3 heterocycles. The summed E-state index contributed by atoms with van der Waals surface area (Å²) in [5, 5.41) is 0. The number of carbonyl (C=O) groups is 2. The molecular formula is C18H31N3O3. The first-order chi connectivity index (χ1) is 11.6. The number of piperidine rings is 2. The van der Waals surface area contributed by atoms with Gasteiger partial charge in [0.15, 0.2) is 0 Å². The molecule has 3 aliphatic heterocycles. The predicted octanol–water partition coefficient (Wildman–Crippen LogP) is 0.990. The zero-order valence-corrected chi connectivity index (χ0v) is 14.8. The Balaban J connectivity index is 1.47. The van der Waals surface area contributed by atoms with E-state index in [1.807, 2.05) is 9.80 Å². The van der Waals surface area contributed by atoms with E-state index in [0.29, 0.717) is 31.5 Å². The lowest BCUT2D eigenvalue weighted by atomic mass is 9.92. The molecule has 1 unspecified atom stereocenters. The maximum Gasteiger partial charge on any atom is 0.251 e. The first-order valence-electron chi connectivity index (χ1n) is 9.51. The number of nitrogens with two attached hydrogens (primary N) is 1. The molecule has 3 aliphatic rings. The van der Waals surface area contributed by atoms with Crippen molar-refractivity contribution in [2.24, 2.45) is 17.6 Å². The van der Waals surface area contributed by atoms with Gasteiger partial charge in [-0.25, -0.2) is 0 Å². The summed E-state index contributed by atoms with van der Waals surface area (Å²) in [4.78, 5) is 29.2. The van der Waals surface area contributed by atoms with Gasteiger partial charge in [-0.05, 0) is 44.4 Å². The van der Waals surface area contributed by atoms with Crippen molar-refractivity contribution >= 4 is 11.8 Å². The first-order valence-corrected chi connectivity index (χ1v) is 9.51. The highest BCUT2D eigenvalue weighted by Gasteiger charge is 2.36. The monoisotopic (exact) mass is 337 g/mol. The number of carbonyl (C=O) groups excluding carboxylic acids is 2. The lowest BCUT2D eigenvalue weighted by Crippen LogP contribution is -2.48. The van der Waals surface area contributed by atoms with Gasteiger partial charge in [-0.3, -0.25) is 9.59 Å². The van der Waals surface area contributed by atoms with Crippen molar-refractivity contribution in [1.29, 1.82) is 0 Å². The molecule has 0 aromatic carbocycles. The fraction of sp³-hybridized carbons (Fsp3) is 0.889. The molecule has 0 spiro atoms. The minimum absolute atomic E-state index is 0.0270. The van der Waals surface area contributed by atoms with Crippen LogP contribution in [-0.4, -0.2) is 66.5 Å². The molecule has 2 amide bonds. The maximum absolute atomic E-state index is 12.7. The van der Waals surface area contributed by atoms with Crippen LogP contribution in [0.1, 0.15) is 45.4 Å². The van der Waals surface area contributed by atoms with E-state index >= 15 is 0 Å². The third-order valence-electron chi connectivity index (χ3n) is 5.77. The smallest absolute Gasteiger partial charge is 0.251 e. The second kappa shape index (κ2) is 7.83. The van der Waals surface area contributed by atoms with Crippen LogP contribution in [0.25, 0.3) is 0 Å². The summed E-state index contributed by atoms with van der Waals surface area (Å²) in [6.07, 6.45) is 5.24. The van der Waals surface area contributed by atoms with E-state index in [1.165, 1.54) is 6.42 Å². The Morgan fingerprint density at radius 1 is 1.00 bits per heavy atom. The Kier molecular flexibility index (Phi) is 5.76. The van der Waals surface area contributed by atoms with Crippen LogP contribution in [0.4, 0.5) is 0 Å². The van der Waals surface area contributed by atoms with Gasteiger partial charge in [0.25, 0.3) is 5.91 Å². The van der Waals surface area contributed by atoms with Gasteiger partial charge in [0.1, 0.15) is 6.10 Å². The number of nitrogens with zero attached hydrogens (tertiary/aromatic N) is 2. The average Bonchev–Trinajstić information content (AvgIpc) is 3.10. The quantitative estimate of drug-likeness (QED) is 0.833. The van der Waals surface area contributed by atoms with Crippen molar-refractivity contribution in [3.05, 3.63) is 0 Å². The Hall–Kier alpha value is -1.14. The summed E-state index contributed by atoms with van der Waals surface area (Å²) in [7, 11) is 0. The molecule has 0 bridgehead atoms. The van der Waals surface area contributed by atoms with Gasteiger partial charge in [-0.2, -0.15) is 0 Å². The average molecular weight is 337 g/mol. The van der Waals surface area contributed by atoms with Crippen molar-refractivity contribution in [3.63, 3.8) is 0 Å². The van der Waals surface area contributed by atoms with Gasteiger partial charge in [-0.15, -0.1) is 0 Å². The van der Waals surface area contributed by atoms with E-state index in [-0.39, 0.29) is 24.0 Å². The van der Waals surface area contributed by atoms with Crippen molar-refractivity contribution in [3.8, 4) is 0 Å². The molecule has 0 saturated carbocycles. The van der Waals surface area contributed by atoms with Crippen LogP contribution in [-0.2, 0) is 14.3 Å². The van der Waals surface area contributed by atoms with Crippen molar-refractivity contribution in [2.45, 2.75) is 57.7 Å². The first kappa shape index (κ1) is 17.7. The van der Waals surface area contributed by atoms with Crippen LogP contribution >= 0.6 is 0 Å². The number of hydrogen-bond acceptors (Lipinski definition) is 4. The van der Waals surface area contributed by atoms with Crippen LogP contribution in [0, 0.1) is 11.8 Å². The highest BCUT2D eigenvalue weighted by atomic mass is 16.5. The summed E-state index contributed by atoms with van der Waals surface area (Å²) in [6, 6.07) is 0. The fourth-order valence-electron chi connectivity index (χ4n) is 4.26. The number of amides is 2. The molecule has 6 nitrogen and oxygen atoms in total.